The highest BCUT2D eigenvalue weighted by molar-refractivity contribution is 6.09. The summed E-state index contributed by atoms with van der Waals surface area (Å²) in [7, 11) is 0. The summed E-state index contributed by atoms with van der Waals surface area (Å²) in [4.78, 5) is 16.6. The predicted molar refractivity (Wildman–Crippen MR) is 98.5 cm³/mol. The van der Waals surface area contributed by atoms with E-state index in [2.05, 4.69) is 38.7 Å². The van der Waals surface area contributed by atoms with Crippen molar-refractivity contribution in [3.8, 4) is 5.82 Å². The van der Waals surface area contributed by atoms with Crippen molar-refractivity contribution in [3.05, 3.63) is 78.0 Å². The number of aromatic nitrogens is 4. The molecular formula is C20H15N5O. The quantitative estimate of drug-likeness (QED) is 0.621. The third-order valence-electron chi connectivity index (χ3n) is 4.78. The average molecular weight is 341 g/mol. The molecule has 1 aliphatic carbocycles. The fraction of sp³-hybridized carbons (Fsp3) is 0.100. The summed E-state index contributed by atoms with van der Waals surface area (Å²) in [5, 5.41) is 13.5. The maximum Gasteiger partial charge on any atom is 0.276 e. The van der Waals surface area contributed by atoms with Crippen LogP contribution in [0, 0.1) is 0 Å². The van der Waals surface area contributed by atoms with Gasteiger partial charge in [-0.05, 0) is 47.6 Å². The van der Waals surface area contributed by atoms with E-state index in [1.54, 1.807) is 35.4 Å². The Balaban J connectivity index is 1.45. The molecule has 26 heavy (non-hydrogen) atoms. The lowest BCUT2D eigenvalue weighted by Crippen LogP contribution is -2.15. The van der Waals surface area contributed by atoms with Gasteiger partial charge < -0.3 is 5.32 Å². The second-order valence-corrected chi connectivity index (χ2v) is 6.31. The zero-order valence-electron chi connectivity index (χ0n) is 13.9. The first-order valence-electron chi connectivity index (χ1n) is 8.46. The Morgan fingerprint density at radius 2 is 1.88 bits per heavy atom. The van der Waals surface area contributed by atoms with Crippen LogP contribution in [0.15, 0.2) is 61.2 Å². The molecule has 4 aromatic rings. The number of benzene rings is 2. The Morgan fingerprint density at radius 1 is 1.00 bits per heavy atom. The molecular weight excluding hydrogens is 326 g/mol. The fourth-order valence-corrected chi connectivity index (χ4v) is 3.52. The van der Waals surface area contributed by atoms with E-state index in [0.717, 1.165) is 23.9 Å². The van der Waals surface area contributed by atoms with Crippen molar-refractivity contribution in [2.45, 2.75) is 12.8 Å². The molecule has 0 aliphatic heterocycles. The number of rotatable bonds is 3. The molecule has 1 amide bonds. The highest BCUT2D eigenvalue weighted by Crippen LogP contribution is 2.35. The van der Waals surface area contributed by atoms with E-state index in [4.69, 9.17) is 0 Å². The molecule has 6 heteroatoms. The van der Waals surface area contributed by atoms with Gasteiger partial charge in [0.2, 0.25) is 0 Å². The van der Waals surface area contributed by atoms with Crippen molar-refractivity contribution in [1.29, 1.82) is 0 Å². The number of aryl methyl sites for hydroxylation is 2. The molecule has 0 unspecified atom stereocenters. The van der Waals surface area contributed by atoms with Crippen molar-refractivity contribution in [2.24, 2.45) is 0 Å². The summed E-state index contributed by atoms with van der Waals surface area (Å²) in [6.45, 7) is 0. The molecule has 0 saturated carbocycles. The minimum absolute atomic E-state index is 0.270. The number of anilines is 1. The van der Waals surface area contributed by atoms with Crippen molar-refractivity contribution in [1.82, 2.24) is 19.7 Å². The van der Waals surface area contributed by atoms with Crippen LogP contribution in [0.25, 0.3) is 16.6 Å². The smallest absolute Gasteiger partial charge is 0.276 e. The first-order valence-corrected chi connectivity index (χ1v) is 8.46. The number of nitrogens with zero attached hydrogens (tertiary/aromatic N) is 4. The van der Waals surface area contributed by atoms with Gasteiger partial charge in [-0.2, -0.15) is 0 Å². The lowest BCUT2D eigenvalue weighted by molar-refractivity contribution is 0.102. The highest BCUT2D eigenvalue weighted by Gasteiger charge is 2.17. The van der Waals surface area contributed by atoms with Crippen LogP contribution in [-0.2, 0) is 12.8 Å². The first kappa shape index (κ1) is 14.8. The van der Waals surface area contributed by atoms with Gasteiger partial charge in [0.05, 0.1) is 0 Å². The van der Waals surface area contributed by atoms with Crippen LogP contribution in [0.4, 0.5) is 5.69 Å². The van der Waals surface area contributed by atoms with Gasteiger partial charge in [-0.3, -0.25) is 9.36 Å². The number of nitrogens with one attached hydrogen (secondary N) is 1. The van der Waals surface area contributed by atoms with Crippen LogP contribution < -0.4 is 5.32 Å². The fourth-order valence-electron chi connectivity index (χ4n) is 3.52. The maximum atomic E-state index is 12.6. The van der Waals surface area contributed by atoms with Gasteiger partial charge in [-0.1, -0.05) is 24.3 Å². The Bertz CT molecular complexity index is 1110. The van der Waals surface area contributed by atoms with E-state index in [0.29, 0.717) is 5.82 Å². The van der Waals surface area contributed by atoms with Gasteiger partial charge in [0.25, 0.3) is 5.91 Å². The zero-order chi connectivity index (χ0) is 17.5. The van der Waals surface area contributed by atoms with Crippen LogP contribution in [-0.4, -0.2) is 25.7 Å². The lowest BCUT2D eigenvalue weighted by Gasteiger charge is -2.10. The molecule has 0 fully saturated rings. The molecule has 0 spiro atoms. The molecule has 0 radical (unpaired) electrons. The summed E-state index contributed by atoms with van der Waals surface area (Å²) < 4.78 is 1.73. The Kier molecular flexibility index (Phi) is 3.28. The third kappa shape index (κ3) is 2.35. The van der Waals surface area contributed by atoms with Crippen LogP contribution in [0.1, 0.15) is 21.6 Å². The van der Waals surface area contributed by atoms with Crippen molar-refractivity contribution >= 4 is 22.4 Å². The predicted octanol–water partition coefficient (Wildman–Crippen LogP) is 3.17. The van der Waals surface area contributed by atoms with Crippen molar-refractivity contribution < 1.29 is 4.79 Å². The molecule has 126 valence electrons. The molecule has 2 aromatic heterocycles. The van der Waals surface area contributed by atoms with E-state index in [-0.39, 0.29) is 11.6 Å². The molecule has 0 saturated heterocycles. The molecule has 5 rings (SSSR count). The number of carbonyl (C=O) groups is 1. The first-order chi connectivity index (χ1) is 12.8. The Hall–Kier alpha value is -3.54. The third-order valence-corrected chi connectivity index (χ3v) is 4.78. The second-order valence-electron chi connectivity index (χ2n) is 6.31. The topological polar surface area (TPSA) is 72.7 Å². The molecule has 2 heterocycles. The zero-order valence-corrected chi connectivity index (χ0v) is 13.9. The van der Waals surface area contributed by atoms with Gasteiger partial charge in [0.1, 0.15) is 6.33 Å². The van der Waals surface area contributed by atoms with E-state index in [1.165, 1.54) is 16.5 Å². The molecule has 2 aromatic carbocycles. The normalized spacial score (nSPS) is 12.5. The largest absolute Gasteiger partial charge is 0.320 e. The van der Waals surface area contributed by atoms with E-state index in [1.807, 2.05) is 12.1 Å². The van der Waals surface area contributed by atoms with Gasteiger partial charge in [0, 0.05) is 23.5 Å². The molecule has 1 aliphatic rings. The number of imidazole rings is 1. The summed E-state index contributed by atoms with van der Waals surface area (Å²) in [6, 6.07) is 13.7. The molecule has 6 nitrogen and oxygen atoms in total. The van der Waals surface area contributed by atoms with Gasteiger partial charge >= 0.3 is 0 Å². The number of hydrogen-bond acceptors (Lipinski definition) is 4. The van der Waals surface area contributed by atoms with Gasteiger partial charge in [-0.15, -0.1) is 10.2 Å². The SMILES string of the molecule is O=C(Nc1ccc2c3c(cccc13)CC2)c1ccc(-n2ccnc2)nn1. The minimum Gasteiger partial charge on any atom is -0.320 e. The second kappa shape index (κ2) is 5.77. The van der Waals surface area contributed by atoms with Crippen LogP contribution >= 0.6 is 0 Å². The van der Waals surface area contributed by atoms with Crippen molar-refractivity contribution in [2.75, 3.05) is 5.32 Å². The lowest BCUT2D eigenvalue weighted by atomic mass is 10.0. The van der Waals surface area contributed by atoms with Crippen LogP contribution in [0.3, 0.4) is 0 Å². The van der Waals surface area contributed by atoms with Crippen LogP contribution in [0.2, 0.25) is 0 Å². The van der Waals surface area contributed by atoms with Crippen LogP contribution in [0.5, 0.6) is 0 Å². The molecule has 1 N–H and O–H groups in total. The van der Waals surface area contributed by atoms with Gasteiger partial charge in [-0.25, -0.2) is 4.98 Å². The molecule has 0 bridgehead atoms. The number of carbonyl (C=O) groups excluding carboxylic acids is 1. The summed E-state index contributed by atoms with van der Waals surface area (Å²) in [5.41, 5.74) is 3.77. The monoisotopic (exact) mass is 341 g/mol. The summed E-state index contributed by atoms with van der Waals surface area (Å²) >= 11 is 0. The van der Waals surface area contributed by atoms with Crippen molar-refractivity contribution in [3.63, 3.8) is 0 Å². The van der Waals surface area contributed by atoms with Gasteiger partial charge in [0.15, 0.2) is 11.5 Å². The summed E-state index contributed by atoms with van der Waals surface area (Å²) in [5.74, 6) is 0.345. The van der Waals surface area contributed by atoms with E-state index >= 15 is 0 Å². The summed E-state index contributed by atoms with van der Waals surface area (Å²) in [6.07, 6.45) is 7.20. The van der Waals surface area contributed by atoms with E-state index < -0.39 is 0 Å². The van der Waals surface area contributed by atoms with E-state index in [9.17, 15) is 4.79 Å². The molecule has 0 atom stereocenters. The Labute approximate surface area is 149 Å². The maximum absolute atomic E-state index is 12.6. The number of hydrogen-bond donors (Lipinski definition) is 1. The minimum atomic E-state index is -0.270. The Morgan fingerprint density at radius 3 is 2.65 bits per heavy atom. The number of amides is 1. The average Bonchev–Trinajstić information content (AvgIpc) is 3.35. The highest BCUT2D eigenvalue weighted by atomic mass is 16.1. The standard InChI is InChI=1S/C20H15N5O/c26-20(17-8-9-18(24-23-17)25-11-10-21-12-25)22-16-7-6-14-5-4-13-2-1-3-15(16)19(13)14/h1-3,6-12H,4-5H2,(H,22,26).